The molecule has 0 radical (unpaired) electrons. The summed E-state index contributed by atoms with van der Waals surface area (Å²) >= 11 is 3.21. The van der Waals surface area contributed by atoms with Gasteiger partial charge >= 0.3 is 0 Å². The number of fused-ring (bicyclic) bond motifs is 1. The highest BCUT2D eigenvalue weighted by molar-refractivity contribution is 7.14. The molecule has 0 spiro atoms. The van der Waals surface area contributed by atoms with Gasteiger partial charge in [0, 0.05) is 41.5 Å². The summed E-state index contributed by atoms with van der Waals surface area (Å²) in [6.07, 6.45) is 2.48. The quantitative estimate of drug-likeness (QED) is 0.847. The molecule has 2 aromatic rings. The lowest BCUT2D eigenvalue weighted by molar-refractivity contribution is 0.0391. The molecule has 2 aliphatic rings. The van der Waals surface area contributed by atoms with Crippen molar-refractivity contribution in [3.05, 3.63) is 27.9 Å². The molecule has 4 heterocycles. The Morgan fingerprint density at radius 2 is 2.27 bits per heavy atom. The number of rotatable bonds is 2. The highest BCUT2D eigenvalue weighted by atomic mass is 32.1. The van der Waals surface area contributed by atoms with E-state index < -0.39 is 0 Å². The normalized spacial score (nSPS) is 25.4. The van der Waals surface area contributed by atoms with Gasteiger partial charge in [0.1, 0.15) is 10.7 Å². The van der Waals surface area contributed by atoms with Crippen molar-refractivity contribution in [2.45, 2.75) is 31.8 Å². The third kappa shape index (κ3) is 2.49. The molecule has 4 nitrogen and oxygen atoms in total. The minimum atomic E-state index is 0.0942. The zero-order valence-electron chi connectivity index (χ0n) is 12.6. The minimum Gasteiger partial charge on any atom is -0.332 e. The second-order valence-corrected chi connectivity index (χ2v) is 7.79. The van der Waals surface area contributed by atoms with Crippen molar-refractivity contribution in [2.24, 2.45) is 0 Å². The Hall–Kier alpha value is -1.24. The van der Waals surface area contributed by atoms with Crippen LogP contribution in [0.1, 0.15) is 30.3 Å². The maximum Gasteiger partial charge on any atom is 0.273 e. The molecule has 0 aliphatic carbocycles. The lowest BCUT2D eigenvalue weighted by Gasteiger charge is -2.42. The first-order chi connectivity index (χ1) is 10.7. The van der Waals surface area contributed by atoms with E-state index in [1.807, 2.05) is 15.7 Å². The van der Waals surface area contributed by atoms with Crippen molar-refractivity contribution < 1.29 is 4.79 Å². The van der Waals surface area contributed by atoms with E-state index in [1.165, 1.54) is 19.4 Å². The summed E-state index contributed by atoms with van der Waals surface area (Å²) in [6, 6.07) is 2.88. The van der Waals surface area contributed by atoms with Crippen molar-refractivity contribution in [3.63, 3.8) is 0 Å². The highest BCUT2D eigenvalue weighted by Crippen LogP contribution is 2.28. The lowest BCUT2D eigenvalue weighted by atomic mass is 10.1. The topological polar surface area (TPSA) is 36.4 Å². The molecule has 116 valence electrons. The van der Waals surface area contributed by atoms with Crippen LogP contribution in [-0.4, -0.2) is 52.4 Å². The Kier molecular flexibility index (Phi) is 3.76. The molecular formula is C16H19N3OS2. The molecule has 2 atom stereocenters. The number of carbonyl (C=O) groups is 1. The van der Waals surface area contributed by atoms with Crippen LogP contribution in [-0.2, 0) is 0 Å². The van der Waals surface area contributed by atoms with Crippen LogP contribution in [0, 0.1) is 0 Å². The minimum absolute atomic E-state index is 0.0942. The summed E-state index contributed by atoms with van der Waals surface area (Å²) in [5.74, 6) is 0.0942. The van der Waals surface area contributed by atoms with Gasteiger partial charge < -0.3 is 4.90 Å². The SMILES string of the molecule is CC1CN2CCCC2CN1C(=O)c1csc(-c2ccsc2)n1. The number of thiophene rings is 1. The molecule has 4 rings (SSSR count). The first-order valence-corrected chi connectivity index (χ1v) is 9.58. The first-order valence-electron chi connectivity index (χ1n) is 7.75. The summed E-state index contributed by atoms with van der Waals surface area (Å²) in [5.41, 5.74) is 1.72. The number of aromatic nitrogens is 1. The van der Waals surface area contributed by atoms with Gasteiger partial charge in [-0.15, -0.1) is 11.3 Å². The van der Waals surface area contributed by atoms with Crippen LogP contribution in [0.5, 0.6) is 0 Å². The van der Waals surface area contributed by atoms with Crippen molar-refractivity contribution in [1.82, 2.24) is 14.8 Å². The molecule has 2 unspecified atom stereocenters. The highest BCUT2D eigenvalue weighted by Gasteiger charge is 2.37. The number of piperazine rings is 1. The van der Waals surface area contributed by atoms with E-state index in [0.717, 1.165) is 23.7 Å². The molecule has 2 aromatic heterocycles. The van der Waals surface area contributed by atoms with Gasteiger partial charge in [-0.3, -0.25) is 9.69 Å². The fraction of sp³-hybridized carbons (Fsp3) is 0.500. The van der Waals surface area contributed by atoms with Gasteiger partial charge in [0.25, 0.3) is 5.91 Å². The lowest BCUT2D eigenvalue weighted by Crippen LogP contribution is -2.56. The van der Waals surface area contributed by atoms with Crippen LogP contribution in [0.2, 0.25) is 0 Å². The Morgan fingerprint density at radius 1 is 1.36 bits per heavy atom. The number of thiazole rings is 1. The second-order valence-electron chi connectivity index (χ2n) is 6.15. The Labute approximate surface area is 138 Å². The van der Waals surface area contributed by atoms with Crippen molar-refractivity contribution in [1.29, 1.82) is 0 Å². The van der Waals surface area contributed by atoms with Gasteiger partial charge in [0.05, 0.1) is 0 Å². The van der Waals surface area contributed by atoms with E-state index in [0.29, 0.717) is 11.7 Å². The summed E-state index contributed by atoms with van der Waals surface area (Å²) in [4.78, 5) is 22.0. The van der Waals surface area contributed by atoms with Crippen molar-refractivity contribution in [2.75, 3.05) is 19.6 Å². The number of amides is 1. The van der Waals surface area contributed by atoms with Crippen LogP contribution < -0.4 is 0 Å². The number of nitrogens with zero attached hydrogens (tertiary/aromatic N) is 3. The number of hydrogen-bond donors (Lipinski definition) is 0. The molecule has 22 heavy (non-hydrogen) atoms. The van der Waals surface area contributed by atoms with Crippen LogP contribution in [0.25, 0.3) is 10.6 Å². The third-order valence-electron chi connectivity index (χ3n) is 4.69. The van der Waals surface area contributed by atoms with E-state index in [9.17, 15) is 4.79 Å². The Balaban J connectivity index is 1.54. The van der Waals surface area contributed by atoms with Gasteiger partial charge in [-0.05, 0) is 37.8 Å². The average Bonchev–Trinajstić information content (AvgIpc) is 3.25. The first kappa shape index (κ1) is 14.4. The molecule has 0 saturated carbocycles. The molecule has 2 fully saturated rings. The summed E-state index contributed by atoms with van der Waals surface area (Å²) in [6.45, 7) is 5.19. The van der Waals surface area contributed by atoms with Gasteiger partial charge in [-0.2, -0.15) is 11.3 Å². The smallest absolute Gasteiger partial charge is 0.273 e. The summed E-state index contributed by atoms with van der Waals surface area (Å²) < 4.78 is 0. The molecule has 1 amide bonds. The van der Waals surface area contributed by atoms with Crippen LogP contribution >= 0.6 is 22.7 Å². The third-order valence-corrected chi connectivity index (χ3v) is 6.26. The van der Waals surface area contributed by atoms with E-state index >= 15 is 0 Å². The Bertz CT molecular complexity index is 667. The largest absolute Gasteiger partial charge is 0.332 e. The monoisotopic (exact) mass is 333 g/mol. The van der Waals surface area contributed by atoms with Crippen LogP contribution in [0.4, 0.5) is 0 Å². The fourth-order valence-electron chi connectivity index (χ4n) is 3.51. The zero-order chi connectivity index (χ0) is 15.1. The predicted octanol–water partition coefficient (Wildman–Crippen LogP) is 3.18. The molecule has 0 N–H and O–H groups in total. The molecule has 2 aliphatic heterocycles. The van der Waals surface area contributed by atoms with Gasteiger partial charge in [0.15, 0.2) is 0 Å². The zero-order valence-corrected chi connectivity index (χ0v) is 14.2. The van der Waals surface area contributed by atoms with Crippen molar-refractivity contribution in [3.8, 4) is 10.6 Å². The Morgan fingerprint density at radius 3 is 3.09 bits per heavy atom. The van der Waals surface area contributed by atoms with Gasteiger partial charge in [-0.25, -0.2) is 4.98 Å². The second kappa shape index (κ2) is 5.76. The molecule has 0 aromatic carbocycles. The van der Waals surface area contributed by atoms with Crippen molar-refractivity contribution >= 4 is 28.6 Å². The average molecular weight is 333 g/mol. The van der Waals surface area contributed by atoms with E-state index in [1.54, 1.807) is 22.7 Å². The number of hydrogen-bond acceptors (Lipinski definition) is 5. The van der Waals surface area contributed by atoms with Gasteiger partial charge in [0.2, 0.25) is 0 Å². The fourth-order valence-corrected chi connectivity index (χ4v) is 5.01. The molecule has 2 saturated heterocycles. The number of carbonyl (C=O) groups excluding carboxylic acids is 1. The van der Waals surface area contributed by atoms with Crippen LogP contribution in [0.3, 0.4) is 0 Å². The maximum absolute atomic E-state index is 12.8. The summed E-state index contributed by atoms with van der Waals surface area (Å²) in [7, 11) is 0. The van der Waals surface area contributed by atoms with E-state index in [4.69, 9.17) is 0 Å². The molecule has 6 heteroatoms. The van der Waals surface area contributed by atoms with E-state index in [-0.39, 0.29) is 11.9 Å². The maximum atomic E-state index is 12.8. The van der Waals surface area contributed by atoms with E-state index in [2.05, 4.69) is 28.3 Å². The van der Waals surface area contributed by atoms with Crippen LogP contribution in [0.15, 0.2) is 22.2 Å². The summed E-state index contributed by atoms with van der Waals surface area (Å²) in [5, 5.41) is 6.96. The van der Waals surface area contributed by atoms with Gasteiger partial charge in [-0.1, -0.05) is 0 Å². The molecular weight excluding hydrogens is 314 g/mol. The molecule has 0 bridgehead atoms. The standard InChI is InChI=1S/C16H19N3OS2/c1-11-7-18-5-2-3-13(18)8-19(11)16(20)14-10-22-15(17-14)12-4-6-21-9-12/h4,6,9-11,13H,2-3,5,7-8H2,1H3. The predicted molar refractivity (Wildman–Crippen MR) is 90.5 cm³/mol.